The Labute approximate surface area is 206 Å². The Kier molecular flexibility index (Phi) is 7.88. The lowest BCUT2D eigenvalue weighted by Gasteiger charge is -2.27. The molecule has 2 aliphatic carbocycles. The van der Waals surface area contributed by atoms with Crippen molar-refractivity contribution >= 4 is 12.1 Å². The minimum absolute atomic E-state index is 0.119. The molecule has 0 radical (unpaired) electrons. The zero-order valence-corrected chi connectivity index (χ0v) is 20.8. The fraction of sp³-hybridized carbons (Fsp3) is 0.556. The van der Waals surface area contributed by atoms with Gasteiger partial charge in [0, 0.05) is 36.1 Å². The summed E-state index contributed by atoms with van der Waals surface area (Å²) in [5.41, 5.74) is 3.98. The van der Waals surface area contributed by atoms with Crippen molar-refractivity contribution in [3.63, 3.8) is 0 Å². The second kappa shape index (κ2) is 11.1. The van der Waals surface area contributed by atoms with Crippen LogP contribution < -0.4 is 4.74 Å². The normalized spacial score (nSPS) is 20.4. The number of amides is 1. The Morgan fingerprint density at radius 3 is 2.54 bits per heavy atom. The summed E-state index contributed by atoms with van der Waals surface area (Å²) in [4.78, 5) is 34.9. The van der Waals surface area contributed by atoms with Gasteiger partial charge in [-0.25, -0.2) is 9.78 Å². The van der Waals surface area contributed by atoms with Crippen LogP contribution in [0.15, 0.2) is 24.4 Å². The largest absolute Gasteiger partial charge is 0.489 e. The Morgan fingerprint density at radius 2 is 1.83 bits per heavy atom. The molecule has 0 saturated heterocycles. The Balaban J connectivity index is 1.47. The number of aromatic nitrogens is 2. The summed E-state index contributed by atoms with van der Waals surface area (Å²) in [6.45, 7) is 3.92. The molecule has 4 rings (SSSR count). The van der Waals surface area contributed by atoms with Crippen molar-refractivity contribution in [1.82, 2.24) is 14.9 Å². The molecule has 8 heteroatoms. The maximum absolute atomic E-state index is 12.6. The van der Waals surface area contributed by atoms with Crippen LogP contribution in [0.25, 0.3) is 11.3 Å². The van der Waals surface area contributed by atoms with E-state index in [0.717, 1.165) is 66.7 Å². The molecule has 35 heavy (non-hydrogen) atoms. The molecule has 0 unspecified atom stereocenters. The van der Waals surface area contributed by atoms with Gasteiger partial charge in [0.1, 0.15) is 12.4 Å². The number of ether oxygens (including phenoxy) is 2. The number of carboxylic acids is 1. The van der Waals surface area contributed by atoms with Crippen molar-refractivity contribution in [3.8, 4) is 17.0 Å². The van der Waals surface area contributed by atoms with Crippen LogP contribution in [0.2, 0.25) is 0 Å². The van der Waals surface area contributed by atoms with E-state index >= 15 is 0 Å². The molecule has 2 atom stereocenters. The smallest absolute Gasteiger partial charge is 0.410 e. The third-order valence-corrected chi connectivity index (χ3v) is 7.35. The molecule has 8 nitrogen and oxygen atoms in total. The number of carboxylic acid groups (broad SMARTS) is 1. The van der Waals surface area contributed by atoms with Gasteiger partial charge in [-0.1, -0.05) is 12.8 Å². The van der Waals surface area contributed by atoms with Gasteiger partial charge in [0.05, 0.1) is 23.4 Å². The van der Waals surface area contributed by atoms with Gasteiger partial charge in [0.15, 0.2) is 0 Å². The number of aryl methyl sites for hydroxylation is 2. The van der Waals surface area contributed by atoms with Crippen LogP contribution in [-0.4, -0.2) is 51.2 Å². The van der Waals surface area contributed by atoms with Crippen LogP contribution in [0, 0.1) is 19.8 Å². The molecular formula is C27H35N3O5. The molecule has 1 N–H and O–H groups in total. The van der Waals surface area contributed by atoms with E-state index in [1.165, 1.54) is 0 Å². The van der Waals surface area contributed by atoms with Gasteiger partial charge in [0.2, 0.25) is 0 Å². The zero-order chi connectivity index (χ0) is 24.9. The van der Waals surface area contributed by atoms with Crippen molar-refractivity contribution in [2.24, 2.45) is 5.92 Å². The summed E-state index contributed by atoms with van der Waals surface area (Å²) in [6, 6.07) is 5.92. The summed E-state index contributed by atoms with van der Waals surface area (Å²) in [6.07, 6.45) is 8.57. The van der Waals surface area contributed by atoms with E-state index < -0.39 is 5.97 Å². The highest BCUT2D eigenvalue weighted by atomic mass is 16.6. The fourth-order valence-electron chi connectivity index (χ4n) is 5.17. The molecule has 2 aliphatic rings. The lowest BCUT2D eigenvalue weighted by Crippen LogP contribution is -2.35. The Hall–Kier alpha value is -3.16. The molecule has 1 amide bonds. The molecule has 2 saturated carbocycles. The number of carbonyl (C=O) groups is 2. The third-order valence-electron chi connectivity index (χ3n) is 7.35. The number of hydrogen-bond donors (Lipinski definition) is 1. The molecular weight excluding hydrogens is 446 g/mol. The van der Waals surface area contributed by atoms with Crippen LogP contribution in [0.4, 0.5) is 4.79 Å². The van der Waals surface area contributed by atoms with E-state index in [4.69, 9.17) is 14.5 Å². The second-order valence-electron chi connectivity index (χ2n) is 9.75. The molecule has 2 aromatic heterocycles. The van der Waals surface area contributed by atoms with Crippen molar-refractivity contribution in [2.45, 2.75) is 84.0 Å². The number of hydrogen-bond acceptors (Lipinski definition) is 6. The minimum Gasteiger partial charge on any atom is -0.489 e. The first-order valence-corrected chi connectivity index (χ1v) is 12.5. The first-order valence-electron chi connectivity index (χ1n) is 12.5. The van der Waals surface area contributed by atoms with Gasteiger partial charge >= 0.3 is 12.1 Å². The number of pyridine rings is 2. The first kappa shape index (κ1) is 24.9. The standard InChI is InChI=1S/C27H35N3O5/c1-17-23(16-34-27(33)30(3)20-8-4-5-9-20)22(13-14-28-17)24-11-12-25(18(2)29-24)35-21-10-6-7-19(15-21)26(31)32/h11-14,19-21H,4-10,15-16H2,1-3H3,(H,31,32)/t19-,21-/m0/s1. The predicted molar refractivity (Wildman–Crippen MR) is 131 cm³/mol. The van der Waals surface area contributed by atoms with Gasteiger partial charge in [-0.15, -0.1) is 0 Å². The zero-order valence-electron chi connectivity index (χ0n) is 20.8. The average Bonchev–Trinajstić information content (AvgIpc) is 3.39. The van der Waals surface area contributed by atoms with Crippen molar-refractivity contribution < 1.29 is 24.2 Å². The number of carbonyl (C=O) groups excluding carboxylic acids is 1. The molecule has 0 aliphatic heterocycles. The monoisotopic (exact) mass is 481 g/mol. The topological polar surface area (TPSA) is 102 Å². The second-order valence-corrected chi connectivity index (χ2v) is 9.75. The summed E-state index contributed by atoms with van der Waals surface area (Å²) in [5, 5.41) is 9.34. The number of rotatable bonds is 7. The van der Waals surface area contributed by atoms with E-state index in [1.807, 2.05) is 39.1 Å². The molecule has 2 aromatic rings. The van der Waals surface area contributed by atoms with Gasteiger partial charge < -0.3 is 19.5 Å². The van der Waals surface area contributed by atoms with Crippen LogP contribution in [0.1, 0.15) is 68.3 Å². The summed E-state index contributed by atoms with van der Waals surface area (Å²) >= 11 is 0. The van der Waals surface area contributed by atoms with Gasteiger partial charge in [-0.3, -0.25) is 9.78 Å². The molecule has 0 bridgehead atoms. The number of aliphatic carboxylic acids is 1. The van der Waals surface area contributed by atoms with Crippen molar-refractivity contribution in [2.75, 3.05) is 7.05 Å². The quantitative estimate of drug-likeness (QED) is 0.573. The highest BCUT2D eigenvalue weighted by molar-refractivity contribution is 5.70. The first-order chi connectivity index (χ1) is 16.8. The maximum Gasteiger partial charge on any atom is 0.410 e. The lowest BCUT2D eigenvalue weighted by molar-refractivity contribution is -0.143. The molecule has 0 spiro atoms. The van der Waals surface area contributed by atoms with Crippen LogP contribution in [0.5, 0.6) is 5.75 Å². The average molecular weight is 482 g/mol. The highest BCUT2D eigenvalue weighted by Crippen LogP contribution is 2.32. The van der Waals surface area contributed by atoms with Crippen LogP contribution in [0.3, 0.4) is 0 Å². The minimum atomic E-state index is -0.751. The van der Waals surface area contributed by atoms with Crippen LogP contribution >= 0.6 is 0 Å². The van der Waals surface area contributed by atoms with Crippen molar-refractivity contribution in [1.29, 1.82) is 0 Å². The molecule has 2 fully saturated rings. The van der Waals surface area contributed by atoms with E-state index in [1.54, 1.807) is 11.1 Å². The van der Waals surface area contributed by atoms with E-state index in [2.05, 4.69) is 4.98 Å². The van der Waals surface area contributed by atoms with Crippen LogP contribution in [-0.2, 0) is 16.1 Å². The van der Waals surface area contributed by atoms with Gasteiger partial charge in [-0.05, 0) is 70.6 Å². The Morgan fingerprint density at radius 1 is 1.06 bits per heavy atom. The summed E-state index contributed by atoms with van der Waals surface area (Å²) in [7, 11) is 1.81. The molecule has 2 heterocycles. The van der Waals surface area contributed by atoms with E-state index in [9.17, 15) is 14.7 Å². The summed E-state index contributed by atoms with van der Waals surface area (Å²) < 4.78 is 11.8. The van der Waals surface area contributed by atoms with E-state index in [-0.39, 0.29) is 30.8 Å². The van der Waals surface area contributed by atoms with E-state index in [0.29, 0.717) is 18.6 Å². The SMILES string of the molecule is Cc1nc(-c2ccnc(C)c2COC(=O)N(C)C2CCCC2)ccc1O[C@H]1CCC[C@H](C(=O)O)C1. The fourth-order valence-corrected chi connectivity index (χ4v) is 5.17. The predicted octanol–water partition coefficient (Wildman–Crippen LogP) is 5.29. The van der Waals surface area contributed by atoms with Crippen molar-refractivity contribution in [3.05, 3.63) is 41.3 Å². The summed E-state index contributed by atoms with van der Waals surface area (Å²) in [5.74, 6) is -0.431. The molecule has 0 aromatic carbocycles. The highest BCUT2D eigenvalue weighted by Gasteiger charge is 2.29. The number of nitrogens with zero attached hydrogens (tertiary/aromatic N) is 3. The third kappa shape index (κ3) is 5.92. The molecule has 188 valence electrons. The maximum atomic E-state index is 12.6. The van der Waals surface area contributed by atoms with Gasteiger partial charge in [-0.2, -0.15) is 0 Å². The Bertz CT molecular complexity index is 1070. The van der Waals surface area contributed by atoms with Gasteiger partial charge in [0.25, 0.3) is 0 Å². The lowest BCUT2D eigenvalue weighted by atomic mass is 9.87.